The Balaban J connectivity index is 2.52. The van der Waals surface area contributed by atoms with Crippen molar-refractivity contribution in [3.8, 4) is 0 Å². The fraction of sp³-hybridized carbons (Fsp3) is 0.500. The van der Waals surface area contributed by atoms with Gasteiger partial charge in [0.05, 0.1) is 16.4 Å². The third-order valence-corrected chi connectivity index (χ3v) is 6.05. The van der Waals surface area contributed by atoms with E-state index in [0.717, 1.165) is 4.31 Å². The Morgan fingerprint density at radius 2 is 1.92 bits per heavy atom. The molecule has 0 aliphatic carbocycles. The van der Waals surface area contributed by atoms with Gasteiger partial charge in [-0.05, 0) is 38.0 Å². The normalized spacial score (nSPS) is 23.2. The number of alkyl halides is 3. The lowest BCUT2D eigenvalue weighted by molar-refractivity contribution is -0.143. The Kier molecular flexibility index (Phi) is 4.91. The fourth-order valence-electron chi connectivity index (χ4n) is 2.69. The molecule has 0 radical (unpaired) electrons. The molecular formula is C14H15F4NO4S. The van der Waals surface area contributed by atoms with E-state index in [2.05, 4.69) is 0 Å². The highest BCUT2D eigenvalue weighted by molar-refractivity contribution is 7.89. The van der Waals surface area contributed by atoms with Gasteiger partial charge in [0.2, 0.25) is 10.0 Å². The van der Waals surface area contributed by atoms with Crippen LogP contribution < -0.4 is 0 Å². The second kappa shape index (κ2) is 6.32. The van der Waals surface area contributed by atoms with Crippen LogP contribution in [0.5, 0.6) is 0 Å². The molecule has 1 aromatic carbocycles. The largest absolute Gasteiger partial charge is 0.481 e. The van der Waals surface area contributed by atoms with E-state index in [4.69, 9.17) is 5.11 Å². The highest BCUT2D eigenvalue weighted by Crippen LogP contribution is 2.37. The van der Waals surface area contributed by atoms with Crippen molar-refractivity contribution in [1.82, 2.24) is 4.31 Å². The van der Waals surface area contributed by atoms with E-state index in [1.165, 1.54) is 6.92 Å². The van der Waals surface area contributed by atoms with Crippen molar-refractivity contribution < 1.29 is 35.9 Å². The van der Waals surface area contributed by atoms with Crippen LogP contribution in [0.15, 0.2) is 23.1 Å². The number of benzene rings is 1. The zero-order valence-corrected chi connectivity index (χ0v) is 13.4. The first-order valence-electron chi connectivity index (χ1n) is 7.06. The van der Waals surface area contributed by atoms with Gasteiger partial charge >= 0.3 is 12.1 Å². The number of halogens is 4. The SMILES string of the molecule is CC1CCC(C(=O)O)CN1S(=O)(=O)c1ccc(F)cc1C(F)(F)F. The van der Waals surface area contributed by atoms with Crippen molar-refractivity contribution >= 4 is 16.0 Å². The first kappa shape index (κ1) is 18.7. The Labute approximate surface area is 135 Å². The van der Waals surface area contributed by atoms with Crippen LogP contribution in [0, 0.1) is 11.7 Å². The molecule has 0 spiro atoms. The molecule has 1 aromatic rings. The number of carboxylic acids is 1. The van der Waals surface area contributed by atoms with Gasteiger partial charge in [0.25, 0.3) is 0 Å². The molecule has 24 heavy (non-hydrogen) atoms. The minimum atomic E-state index is -5.06. The van der Waals surface area contributed by atoms with Crippen LogP contribution in [0.4, 0.5) is 17.6 Å². The minimum Gasteiger partial charge on any atom is -0.481 e. The molecule has 1 saturated heterocycles. The van der Waals surface area contributed by atoms with Crippen LogP contribution in [0.1, 0.15) is 25.3 Å². The molecule has 2 atom stereocenters. The van der Waals surface area contributed by atoms with Gasteiger partial charge in [-0.1, -0.05) is 0 Å². The molecule has 10 heteroatoms. The lowest BCUT2D eigenvalue weighted by Crippen LogP contribution is -2.47. The monoisotopic (exact) mass is 369 g/mol. The predicted octanol–water partition coefficient (Wildman–Crippen LogP) is 2.72. The highest BCUT2D eigenvalue weighted by Gasteiger charge is 2.43. The van der Waals surface area contributed by atoms with Gasteiger partial charge in [-0.3, -0.25) is 4.79 Å². The zero-order chi connectivity index (χ0) is 18.3. The molecule has 1 aliphatic rings. The summed E-state index contributed by atoms with van der Waals surface area (Å²) < 4.78 is 78.5. The number of nitrogens with zero attached hydrogens (tertiary/aromatic N) is 1. The van der Waals surface area contributed by atoms with Gasteiger partial charge in [-0.15, -0.1) is 0 Å². The lowest BCUT2D eigenvalue weighted by Gasteiger charge is -2.35. The van der Waals surface area contributed by atoms with Crippen LogP contribution in [0.2, 0.25) is 0 Å². The van der Waals surface area contributed by atoms with Gasteiger partial charge in [-0.25, -0.2) is 12.8 Å². The molecule has 2 unspecified atom stereocenters. The van der Waals surface area contributed by atoms with E-state index in [9.17, 15) is 30.8 Å². The summed E-state index contributed by atoms with van der Waals surface area (Å²) in [6, 6.07) is 0.656. The van der Waals surface area contributed by atoms with Crippen molar-refractivity contribution in [3.63, 3.8) is 0 Å². The summed E-state index contributed by atoms with van der Waals surface area (Å²) >= 11 is 0. The number of sulfonamides is 1. The molecule has 0 amide bonds. The maximum Gasteiger partial charge on any atom is 0.417 e. The maximum absolute atomic E-state index is 13.2. The summed E-state index contributed by atoms with van der Waals surface area (Å²) in [5.74, 6) is -3.42. The van der Waals surface area contributed by atoms with Crippen molar-refractivity contribution in [1.29, 1.82) is 0 Å². The van der Waals surface area contributed by atoms with E-state index in [1.807, 2.05) is 0 Å². The number of carboxylic acid groups (broad SMARTS) is 1. The smallest absolute Gasteiger partial charge is 0.417 e. The summed E-state index contributed by atoms with van der Waals surface area (Å²) in [6.45, 7) is 1.07. The van der Waals surface area contributed by atoms with Crippen molar-refractivity contribution in [2.24, 2.45) is 5.92 Å². The maximum atomic E-state index is 13.2. The van der Waals surface area contributed by atoms with Crippen molar-refractivity contribution in [2.45, 2.75) is 36.9 Å². The van der Waals surface area contributed by atoms with Gasteiger partial charge in [0, 0.05) is 12.6 Å². The molecule has 1 aliphatic heterocycles. The Morgan fingerprint density at radius 1 is 1.29 bits per heavy atom. The Hall–Kier alpha value is -1.68. The molecule has 0 saturated carbocycles. The van der Waals surface area contributed by atoms with Crippen LogP contribution in [0.25, 0.3) is 0 Å². The first-order valence-corrected chi connectivity index (χ1v) is 8.50. The molecule has 1 fully saturated rings. The van der Waals surface area contributed by atoms with Crippen LogP contribution in [-0.2, 0) is 21.0 Å². The van der Waals surface area contributed by atoms with E-state index in [-0.39, 0.29) is 18.9 Å². The Bertz CT molecular complexity index is 748. The standard InChI is InChI=1S/C14H15F4NO4S/c1-8-2-3-9(13(20)21)7-19(8)24(22,23)12-5-4-10(15)6-11(12)14(16,17)18/h4-6,8-9H,2-3,7H2,1H3,(H,20,21). The quantitative estimate of drug-likeness (QED) is 0.832. The molecule has 0 bridgehead atoms. The number of carbonyl (C=O) groups is 1. The lowest BCUT2D eigenvalue weighted by atomic mass is 9.96. The zero-order valence-electron chi connectivity index (χ0n) is 12.5. The highest BCUT2D eigenvalue weighted by atomic mass is 32.2. The summed E-state index contributed by atoms with van der Waals surface area (Å²) in [6.07, 6.45) is -4.62. The summed E-state index contributed by atoms with van der Waals surface area (Å²) in [4.78, 5) is 10.0. The van der Waals surface area contributed by atoms with E-state index >= 15 is 0 Å². The number of aliphatic carboxylic acids is 1. The molecule has 0 aromatic heterocycles. The summed E-state index contributed by atoms with van der Waals surface area (Å²) in [5.41, 5.74) is -1.60. The van der Waals surface area contributed by atoms with Gasteiger partial charge in [0.15, 0.2) is 0 Å². The van der Waals surface area contributed by atoms with Crippen molar-refractivity contribution in [2.75, 3.05) is 6.54 Å². The number of hydrogen-bond acceptors (Lipinski definition) is 3. The number of hydrogen-bond donors (Lipinski definition) is 1. The van der Waals surface area contributed by atoms with Crippen molar-refractivity contribution in [3.05, 3.63) is 29.6 Å². The molecule has 5 nitrogen and oxygen atoms in total. The van der Waals surface area contributed by atoms with E-state index in [0.29, 0.717) is 12.1 Å². The van der Waals surface area contributed by atoms with Crippen LogP contribution in [0.3, 0.4) is 0 Å². The fourth-order valence-corrected chi connectivity index (χ4v) is 4.59. The summed E-state index contributed by atoms with van der Waals surface area (Å²) in [7, 11) is -4.62. The average molecular weight is 369 g/mol. The minimum absolute atomic E-state index is 0.121. The average Bonchev–Trinajstić information content (AvgIpc) is 2.46. The third kappa shape index (κ3) is 3.54. The first-order chi connectivity index (χ1) is 10.9. The second-order valence-electron chi connectivity index (χ2n) is 5.67. The van der Waals surface area contributed by atoms with Gasteiger partial charge in [-0.2, -0.15) is 17.5 Å². The molecule has 2 rings (SSSR count). The second-order valence-corrected chi connectivity index (χ2v) is 7.53. The molecular weight excluding hydrogens is 354 g/mol. The molecule has 1 N–H and O–H groups in total. The number of piperidine rings is 1. The molecule has 134 valence electrons. The summed E-state index contributed by atoms with van der Waals surface area (Å²) in [5, 5.41) is 9.05. The van der Waals surface area contributed by atoms with E-state index < -0.39 is 56.9 Å². The predicted molar refractivity (Wildman–Crippen MR) is 75.1 cm³/mol. The van der Waals surface area contributed by atoms with Crippen LogP contribution >= 0.6 is 0 Å². The topological polar surface area (TPSA) is 74.7 Å². The number of rotatable bonds is 3. The third-order valence-electron chi connectivity index (χ3n) is 4.01. The van der Waals surface area contributed by atoms with Crippen LogP contribution in [-0.4, -0.2) is 36.4 Å². The van der Waals surface area contributed by atoms with E-state index in [1.54, 1.807) is 0 Å². The molecule has 1 heterocycles. The van der Waals surface area contributed by atoms with Gasteiger partial charge < -0.3 is 5.11 Å². The Morgan fingerprint density at radius 3 is 2.46 bits per heavy atom. The van der Waals surface area contributed by atoms with Gasteiger partial charge in [0.1, 0.15) is 5.82 Å².